The Hall–Kier alpha value is -0.0400. The molecule has 0 amide bonds. The molecular weight excluding hydrogens is 314 g/mol. The summed E-state index contributed by atoms with van der Waals surface area (Å²) in [6.07, 6.45) is 27.7. The standard InChI is InChI=1S/C25H43N/c1-3-11-19(12-4-1)25(20-13-5-2-6-14-20)21-15-7-9-17-23(21)26-24-18-10-8-16-22(24)25/h19-24,26H,1-18H2. The molecular formula is C25H43N. The predicted octanol–water partition coefficient (Wildman–Crippen LogP) is 6.85. The fraction of sp³-hybridized carbons (Fsp3) is 1.00. The summed E-state index contributed by atoms with van der Waals surface area (Å²) in [6, 6.07) is 1.76. The smallest absolute Gasteiger partial charge is 0.0104 e. The number of hydrogen-bond donors (Lipinski definition) is 1. The zero-order valence-electron chi connectivity index (χ0n) is 17.2. The maximum absolute atomic E-state index is 4.29. The van der Waals surface area contributed by atoms with E-state index >= 15 is 0 Å². The Bertz CT molecular complexity index is 417. The first-order valence-electron chi connectivity index (χ1n) is 12.7. The van der Waals surface area contributed by atoms with Crippen molar-refractivity contribution in [2.75, 3.05) is 0 Å². The van der Waals surface area contributed by atoms with Crippen molar-refractivity contribution in [2.45, 2.75) is 128 Å². The maximum atomic E-state index is 4.29. The SMILES string of the molecule is C1CCC(C2(C3CCCCC3)C3CCCCC3NC3CCCCC32)CC1. The van der Waals surface area contributed by atoms with Crippen LogP contribution < -0.4 is 5.32 Å². The van der Waals surface area contributed by atoms with E-state index in [0.29, 0.717) is 0 Å². The Kier molecular flexibility index (Phi) is 5.38. The molecule has 1 heterocycles. The van der Waals surface area contributed by atoms with E-state index in [1.165, 1.54) is 51.4 Å². The van der Waals surface area contributed by atoms with Crippen molar-refractivity contribution in [3.8, 4) is 0 Å². The van der Waals surface area contributed by atoms with Crippen LogP contribution in [0.1, 0.15) is 116 Å². The molecule has 1 nitrogen and oxygen atoms in total. The fourth-order valence-electron chi connectivity index (χ4n) is 9.16. The summed E-state index contributed by atoms with van der Waals surface area (Å²) >= 11 is 0. The molecule has 4 unspecified atom stereocenters. The van der Waals surface area contributed by atoms with Crippen LogP contribution >= 0.6 is 0 Å². The van der Waals surface area contributed by atoms with Gasteiger partial charge in [0.05, 0.1) is 0 Å². The van der Waals surface area contributed by atoms with E-state index < -0.39 is 0 Å². The van der Waals surface area contributed by atoms with E-state index in [1.54, 1.807) is 64.2 Å². The van der Waals surface area contributed by atoms with Gasteiger partial charge in [-0.05, 0) is 80.5 Å². The Morgan fingerprint density at radius 3 is 1.27 bits per heavy atom. The molecule has 1 aliphatic heterocycles. The van der Waals surface area contributed by atoms with Crippen molar-refractivity contribution in [3.63, 3.8) is 0 Å². The molecule has 4 saturated carbocycles. The molecule has 5 aliphatic rings. The Labute approximate surface area is 162 Å². The van der Waals surface area contributed by atoms with Gasteiger partial charge in [-0.2, -0.15) is 0 Å². The summed E-state index contributed by atoms with van der Waals surface area (Å²) in [5.41, 5.74) is 0.738. The van der Waals surface area contributed by atoms with Crippen molar-refractivity contribution < 1.29 is 0 Å². The fourth-order valence-corrected chi connectivity index (χ4v) is 9.16. The van der Waals surface area contributed by atoms with Gasteiger partial charge in [-0.1, -0.05) is 64.2 Å². The first-order chi connectivity index (χ1) is 12.9. The van der Waals surface area contributed by atoms with Gasteiger partial charge >= 0.3 is 0 Å². The van der Waals surface area contributed by atoms with Crippen LogP contribution in [-0.4, -0.2) is 12.1 Å². The van der Waals surface area contributed by atoms with Gasteiger partial charge in [0.25, 0.3) is 0 Å². The van der Waals surface area contributed by atoms with Crippen LogP contribution in [0.15, 0.2) is 0 Å². The van der Waals surface area contributed by atoms with Crippen LogP contribution in [0.5, 0.6) is 0 Å². The second-order valence-electron chi connectivity index (χ2n) is 10.8. The predicted molar refractivity (Wildman–Crippen MR) is 110 cm³/mol. The minimum absolute atomic E-state index is 0.738. The molecule has 0 bridgehead atoms. The highest BCUT2D eigenvalue weighted by atomic mass is 15.0. The van der Waals surface area contributed by atoms with Crippen molar-refractivity contribution in [1.82, 2.24) is 5.32 Å². The molecule has 5 rings (SSSR count). The zero-order valence-corrected chi connectivity index (χ0v) is 17.2. The molecule has 5 fully saturated rings. The normalized spacial score (nSPS) is 42.0. The first-order valence-corrected chi connectivity index (χ1v) is 12.7. The largest absolute Gasteiger partial charge is 0.311 e. The van der Waals surface area contributed by atoms with Crippen molar-refractivity contribution in [1.29, 1.82) is 0 Å². The lowest BCUT2D eigenvalue weighted by Gasteiger charge is -2.66. The lowest BCUT2D eigenvalue weighted by Crippen LogP contribution is -2.68. The van der Waals surface area contributed by atoms with Gasteiger partial charge in [-0.3, -0.25) is 0 Å². The van der Waals surface area contributed by atoms with Crippen LogP contribution in [0, 0.1) is 29.1 Å². The summed E-state index contributed by atoms with van der Waals surface area (Å²) < 4.78 is 0. The molecule has 0 spiro atoms. The van der Waals surface area contributed by atoms with E-state index in [4.69, 9.17) is 0 Å². The topological polar surface area (TPSA) is 12.0 Å². The van der Waals surface area contributed by atoms with Gasteiger partial charge in [-0.25, -0.2) is 0 Å². The van der Waals surface area contributed by atoms with Crippen molar-refractivity contribution in [3.05, 3.63) is 0 Å². The number of fused-ring (bicyclic) bond motifs is 2. The van der Waals surface area contributed by atoms with E-state index in [2.05, 4.69) is 5.32 Å². The Balaban J connectivity index is 1.58. The highest BCUT2D eigenvalue weighted by Gasteiger charge is 2.61. The highest BCUT2D eigenvalue weighted by molar-refractivity contribution is 5.12. The third-order valence-electron chi connectivity index (χ3n) is 9.87. The van der Waals surface area contributed by atoms with Gasteiger partial charge in [-0.15, -0.1) is 0 Å². The van der Waals surface area contributed by atoms with Crippen LogP contribution in [0.2, 0.25) is 0 Å². The molecule has 1 heteroatoms. The lowest BCUT2D eigenvalue weighted by molar-refractivity contribution is -0.153. The molecule has 1 N–H and O–H groups in total. The van der Waals surface area contributed by atoms with E-state index in [0.717, 1.165) is 41.2 Å². The van der Waals surface area contributed by atoms with Crippen molar-refractivity contribution >= 4 is 0 Å². The lowest BCUT2D eigenvalue weighted by atomic mass is 9.42. The summed E-state index contributed by atoms with van der Waals surface area (Å²) in [6.45, 7) is 0. The third kappa shape index (κ3) is 2.90. The molecule has 26 heavy (non-hydrogen) atoms. The molecule has 4 aliphatic carbocycles. The third-order valence-corrected chi connectivity index (χ3v) is 9.87. The van der Waals surface area contributed by atoms with Gasteiger partial charge < -0.3 is 5.32 Å². The van der Waals surface area contributed by atoms with E-state index in [1.807, 2.05) is 0 Å². The monoisotopic (exact) mass is 357 g/mol. The van der Waals surface area contributed by atoms with Crippen molar-refractivity contribution in [2.24, 2.45) is 29.1 Å². The zero-order chi connectivity index (χ0) is 17.4. The molecule has 148 valence electrons. The van der Waals surface area contributed by atoms with Gasteiger partial charge in [0.15, 0.2) is 0 Å². The first kappa shape index (κ1) is 18.0. The summed E-state index contributed by atoms with van der Waals surface area (Å²) in [5.74, 6) is 4.22. The molecule has 1 saturated heterocycles. The Morgan fingerprint density at radius 2 is 0.808 bits per heavy atom. The van der Waals surface area contributed by atoms with Gasteiger partial charge in [0.1, 0.15) is 0 Å². The average molecular weight is 358 g/mol. The van der Waals surface area contributed by atoms with E-state index in [-0.39, 0.29) is 0 Å². The van der Waals surface area contributed by atoms with E-state index in [9.17, 15) is 0 Å². The number of nitrogens with one attached hydrogen (secondary N) is 1. The van der Waals surface area contributed by atoms with Crippen LogP contribution in [0.3, 0.4) is 0 Å². The molecule has 0 aromatic rings. The highest BCUT2D eigenvalue weighted by Crippen LogP contribution is 2.64. The molecule has 0 aromatic carbocycles. The minimum atomic E-state index is 0.738. The Morgan fingerprint density at radius 1 is 0.423 bits per heavy atom. The quantitative estimate of drug-likeness (QED) is 0.569. The van der Waals surface area contributed by atoms with Gasteiger partial charge in [0.2, 0.25) is 0 Å². The minimum Gasteiger partial charge on any atom is -0.311 e. The summed E-state index contributed by atoms with van der Waals surface area (Å²) in [7, 11) is 0. The molecule has 0 aromatic heterocycles. The maximum Gasteiger partial charge on any atom is 0.0104 e. The van der Waals surface area contributed by atoms with Gasteiger partial charge in [0, 0.05) is 12.1 Å². The number of rotatable bonds is 2. The number of piperidine rings is 1. The molecule has 0 radical (unpaired) electrons. The summed E-state index contributed by atoms with van der Waals surface area (Å²) in [5, 5.41) is 4.29. The van der Waals surface area contributed by atoms with Crippen LogP contribution in [-0.2, 0) is 0 Å². The summed E-state index contributed by atoms with van der Waals surface area (Å²) in [4.78, 5) is 0. The molecule has 4 atom stereocenters. The second-order valence-corrected chi connectivity index (χ2v) is 10.8. The second kappa shape index (κ2) is 7.76. The van der Waals surface area contributed by atoms with Crippen LogP contribution in [0.25, 0.3) is 0 Å². The number of hydrogen-bond acceptors (Lipinski definition) is 1. The average Bonchev–Trinajstić information content (AvgIpc) is 2.73. The van der Waals surface area contributed by atoms with Crippen LogP contribution in [0.4, 0.5) is 0 Å².